The summed E-state index contributed by atoms with van der Waals surface area (Å²) in [6.45, 7) is 1.62. The first-order chi connectivity index (χ1) is 14.2. The van der Waals surface area contributed by atoms with Crippen molar-refractivity contribution in [2.45, 2.75) is 11.8 Å². The van der Waals surface area contributed by atoms with Crippen LogP contribution in [0.4, 0.5) is 11.4 Å². The number of nitrogens with one attached hydrogen (secondary N) is 2. The van der Waals surface area contributed by atoms with Crippen LogP contribution in [0.15, 0.2) is 83.1 Å². The maximum absolute atomic E-state index is 12.8. The summed E-state index contributed by atoms with van der Waals surface area (Å²) in [5.74, 6) is 0. The second kappa shape index (κ2) is 8.91. The van der Waals surface area contributed by atoms with E-state index in [1.807, 2.05) is 6.07 Å². The second-order valence-corrected chi connectivity index (χ2v) is 10.1. The number of anilines is 2. The average molecular weight is 463 g/mol. The van der Waals surface area contributed by atoms with Crippen molar-refractivity contribution >= 4 is 49.1 Å². The Hall–Kier alpha value is -2.81. The third-order valence-corrected chi connectivity index (χ3v) is 6.95. The topological polar surface area (TPSA) is 92.3 Å². The van der Waals surface area contributed by atoms with Crippen LogP contribution in [0.5, 0.6) is 0 Å². The molecule has 0 bridgehead atoms. The molecule has 0 aliphatic heterocycles. The van der Waals surface area contributed by atoms with Gasteiger partial charge < -0.3 is 0 Å². The summed E-state index contributed by atoms with van der Waals surface area (Å²) in [5, 5.41) is 1.28. The van der Waals surface area contributed by atoms with E-state index in [2.05, 4.69) is 9.44 Å². The van der Waals surface area contributed by atoms with E-state index in [4.69, 9.17) is 11.6 Å². The Morgan fingerprint density at radius 3 is 2.20 bits per heavy atom. The molecular weight excluding hydrogens is 444 g/mol. The first kappa shape index (κ1) is 21.9. The zero-order valence-electron chi connectivity index (χ0n) is 15.9. The molecule has 3 aromatic carbocycles. The number of rotatable bonds is 7. The Kier molecular flexibility index (Phi) is 6.50. The molecule has 0 aromatic heterocycles. The van der Waals surface area contributed by atoms with Gasteiger partial charge in [0.25, 0.3) is 20.0 Å². The summed E-state index contributed by atoms with van der Waals surface area (Å²) in [4.78, 5) is -0.0605. The van der Waals surface area contributed by atoms with Gasteiger partial charge in [0.15, 0.2) is 0 Å². The fourth-order valence-electron chi connectivity index (χ4n) is 2.63. The number of benzene rings is 3. The highest BCUT2D eigenvalue weighted by Crippen LogP contribution is 2.27. The van der Waals surface area contributed by atoms with Crippen LogP contribution in [0.2, 0.25) is 5.02 Å². The lowest BCUT2D eigenvalue weighted by Gasteiger charge is -2.13. The summed E-state index contributed by atoms with van der Waals surface area (Å²) in [6.07, 6.45) is 1.45. The van der Waals surface area contributed by atoms with Crippen LogP contribution in [0.3, 0.4) is 0 Å². The molecule has 0 atom stereocenters. The summed E-state index contributed by atoms with van der Waals surface area (Å²) in [5.41, 5.74) is 1.53. The number of sulfonamides is 2. The Labute approximate surface area is 181 Å². The smallest absolute Gasteiger partial charge is 0.262 e. The molecular formula is C21H19ClN2O4S2. The van der Waals surface area contributed by atoms with Gasteiger partial charge in [-0.05, 0) is 48.4 Å². The van der Waals surface area contributed by atoms with E-state index >= 15 is 0 Å². The minimum absolute atomic E-state index is 0.0605. The molecule has 0 aliphatic rings. The first-order valence-electron chi connectivity index (χ1n) is 8.80. The van der Waals surface area contributed by atoms with E-state index in [-0.39, 0.29) is 21.3 Å². The number of aryl methyl sites for hydroxylation is 1. The largest absolute Gasteiger partial charge is 0.280 e. The highest BCUT2D eigenvalue weighted by Gasteiger charge is 2.19. The van der Waals surface area contributed by atoms with Crippen LogP contribution in [0.1, 0.15) is 11.1 Å². The molecule has 0 amide bonds. The SMILES string of the molecule is Cc1ccc(NS(=O)(=O)/C=C/c2ccccc2)cc1S(=O)(=O)Nc1ccccc1Cl. The minimum Gasteiger partial charge on any atom is -0.280 e. The average Bonchev–Trinajstić information content (AvgIpc) is 2.70. The van der Waals surface area contributed by atoms with Gasteiger partial charge in [-0.1, -0.05) is 60.1 Å². The summed E-state index contributed by atoms with van der Waals surface area (Å²) >= 11 is 6.04. The van der Waals surface area contributed by atoms with Crippen LogP contribution in [-0.2, 0) is 20.0 Å². The van der Waals surface area contributed by atoms with Crippen LogP contribution >= 0.6 is 11.6 Å². The molecule has 156 valence electrons. The van der Waals surface area contributed by atoms with Crippen molar-refractivity contribution in [1.82, 2.24) is 0 Å². The molecule has 0 saturated heterocycles. The van der Waals surface area contributed by atoms with Crippen molar-refractivity contribution in [1.29, 1.82) is 0 Å². The predicted octanol–water partition coefficient (Wildman–Crippen LogP) is 4.86. The van der Waals surface area contributed by atoms with Crippen LogP contribution in [0.25, 0.3) is 6.08 Å². The van der Waals surface area contributed by atoms with Crippen molar-refractivity contribution in [2.24, 2.45) is 0 Å². The molecule has 9 heteroatoms. The van der Waals surface area contributed by atoms with E-state index in [0.717, 1.165) is 11.0 Å². The van der Waals surface area contributed by atoms with Crippen LogP contribution in [0, 0.1) is 6.92 Å². The molecule has 30 heavy (non-hydrogen) atoms. The van der Waals surface area contributed by atoms with E-state index in [1.54, 1.807) is 49.4 Å². The highest BCUT2D eigenvalue weighted by molar-refractivity contribution is 7.95. The van der Waals surface area contributed by atoms with Crippen molar-refractivity contribution < 1.29 is 16.8 Å². The lowest BCUT2D eigenvalue weighted by atomic mass is 10.2. The molecule has 6 nitrogen and oxygen atoms in total. The zero-order chi connectivity index (χ0) is 21.8. The van der Waals surface area contributed by atoms with Crippen molar-refractivity contribution in [3.05, 3.63) is 94.4 Å². The lowest BCUT2D eigenvalue weighted by molar-refractivity contribution is 0.600. The molecule has 0 unspecified atom stereocenters. The summed E-state index contributed by atoms with van der Waals surface area (Å²) < 4.78 is 55.2. The molecule has 0 aliphatic carbocycles. The monoisotopic (exact) mass is 462 g/mol. The molecule has 3 aromatic rings. The minimum atomic E-state index is -3.99. The number of para-hydroxylation sites is 1. The first-order valence-corrected chi connectivity index (χ1v) is 12.2. The molecule has 3 rings (SSSR count). The molecule has 0 heterocycles. The molecule has 0 spiro atoms. The standard InChI is InChI=1S/C21H19ClN2O4S2/c1-16-11-12-18(23-29(25,26)14-13-17-7-3-2-4-8-17)15-21(16)30(27,28)24-20-10-6-5-9-19(20)22/h2-15,23-24H,1H3/b14-13+. The maximum Gasteiger partial charge on any atom is 0.262 e. The maximum atomic E-state index is 12.8. The van der Waals surface area contributed by atoms with Gasteiger partial charge in [-0.3, -0.25) is 9.44 Å². The third kappa shape index (κ3) is 5.63. The number of halogens is 1. The number of hydrogen-bond donors (Lipinski definition) is 2. The van der Waals surface area contributed by atoms with Crippen LogP contribution < -0.4 is 9.44 Å². The lowest BCUT2D eigenvalue weighted by Crippen LogP contribution is -2.16. The zero-order valence-corrected chi connectivity index (χ0v) is 18.3. The quantitative estimate of drug-likeness (QED) is 0.524. The van der Waals surface area contributed by atoms with Gasteiger partial charge >= 0.3 is 0 Å². The van der Waals surface area contributed by atoms with Crippen molar-refractivity contribution in [2.75, 3.05) is 9.44 Å². The molecule has 2 N–H and O–H groups in total. The summed E-state index contributed by atoms with van der Waals surface area (Å²) in [6, 6.07) is 19.7. The normalized spacial score (nSPS) is 12.1. The van der Waals surface area contributed by atoms with Gasteiger partial charge in [0, 0.05) is 0 Å². The fraction of sp³-hybridized carbons (Fsp3) is 0.0476. The Bertz CT molecular complexity index is 1290. The fourth-order valence-corrected chi connectivity index (χ4v) is 5.08. The van der Waals surface area contributed by atoms with Gasteiger partial charge in [-0.15, -0.1) is 0 Å². The molecule has 0 fully saturated rings. The van der Waals surface area contributed by atoms with Gasteiger partial charge in [-0.25, -0.2) is 16.8 Å². The van der Waals surface area contributed by atoms with Gasteiger partial charge in [0.1, 0.15) is 0 Å². The van der Waals surface area contributed by atoms with E-state index in [1.165, 1.54) is 30.3 Å². The molecule has 0 saturated carbocycles. The van der Waals surface area contributed by atoms with Crippen molar-refractivity contribution in [3.63, 3.8) is 0 Å². The van der Waals surface area contributed by atoms with E-state index in [0.29, 0.717) is 5.56 Å². The Morgan fingerprint density at radius 2 is 1.50 bits per heavy atom. The van der Waals surface area contributed by atoms with E-state index < -0.39 is 20.0 Å². The third-order valence-electron chi connectivity index (χ3n) is 4.10. The Morgan fingerprint density at radius 1 is 0.833 bits per heavy atom. The van der Waals surface area contributed by atoms with Crippen LogP contribution in [-0.4, -0.2) is 16.8 Å². The Balaban J connectivity index is 1.86. The summed E-state index contributed by atoms with van der Waals surface area (Å²) in [7, 11) is -7.83. The second-order valence-electron chi connectivity index (χ2n) is 6.43. The van der Waals surface area contributed by atoms with Gasteiger partial charge in [0.2, 0.25) is 0 Å². The van der Waals surface area contributed by atoms with E-state index in [9.17, 15) is 16.8 Å². The van der Waals surface area contributed by atoms with Crippen molar-refractivity contribution in [3.8, 4) is 0 Å². The molecule has 0 radical (unpaired) electrons. The number of hydrogen-bond acceptors (Lipinski definition) is 4. The van der Waals surface area contributed by atoms with Gasteiger partial charge in [0.05, 0.1) is 26.7 Å². The van der Waals surface area contributed by atoms with Gasteiger partial charge in [-0.2, -0.15) is 0 Å². The predicted molar refractivity (Wildman–Crippen MR) is 121 cm³/mol. The highest BCUT2D eigenvalue weighted by atomic mass is 35.5.